The van der Waals surface area contributed by atoms with Crippen LogP contribution in [-0.4, -0.2) is 15.4 Å². The zero-order valence-electron chi connectivity index (χ0n) is 8.69. The Morgan fingerprint density at radius 2 is 2.13 bits per heavy atom. The maximum atomic E-state index is 4.28. The maximum absolute atomic E-state index is 4.28. The van der Waals surface area contributed by atoms with Gasteiger partial charge in [0.05, 0.1) is 0 Å². The van der Waals surface area contributed by atoms with Gasteiger partial charge < -0.3 is 5.32 Å². The molecule has 3 rings (SSSR count). The van der Waals surface area contributed by atoms with Crippen LogP contribution in [0.25, 0.3) is 5.65 Å². The summed E-state index contributed by atoms with van der Waals surface area (Å²) >= 11 is 0. The molecule has 1 N–H and O–H groups in total. The molecule has 3 nitrogen and oxygen atoms in total. The minimum Gasteiger partial charge on any atom is -0.368 e. The van der Waals surface area contributed by atoms with Crippen molar-refractivity contribution >= 4 is 11.5 Å². The minimum atomic E-state index is 0.651. The fourth-order valence-corrected chi connectivity index (χ4v) is 2.34. The van der Waals surface area contributed by atoms with Crippen molar-refractivity contribution in [1.82, 2.24) is 9.38 Å². The molecule has 0 radical (unpaired) electrons. The predicted molar refractivity (Wildman–Crippen MR) is 61.1 cm³/mol. The van der Waals surface area contributed by atoms with Crippen molar-refractivity contribution in [2.24, 2.45) is 0 Å². The van der Waals surface area contributed by atoms with E-state index < -0.39 is 0 Å². The van der Waals surface area contributed by atoms with Crippen LogP contribution in [0.1, 0.15) is 25.7 Å². The Kier molecular flexibility index (Phi) is 2.09. The zero-order chi connectivity index (χ0) is 10.1. The minimum absolute atomic E-state index is 0.651. The highest BCUT2D eigenvalue weighted by molar-refractivity contribution is 5.50. The smallest absolute Gasteiger partial charge is 0.138 e. The molecule has 2 aromatic heterocycles. The van der Waals surface area contributed by atoms with Crippen LogP contribution in [0.2, 0.25) is 0 Å². The van der Waals surface area contributed by atoms with E-state index in [1.807, 2.05) is 18.5 Å². The van der Waals surface area contributed by atoms with Crippen LogP contribution in [0.15, 0.2) is 30.6 Å². The number of fused-ring (bicyclic) bond motifs is 1. The normalized spacial score (nSPS) is 17.3. The van der Waals surface area contributed by atoms with E-state index in [9.17, 15) is 0 Å². The lowest BCUT2D eigenvalue weighted by Crippen LogP contribution is -2.16. The number of nitrogens with zero attached hydrogens (tertiary/aromatic N) is 2. The third-order valence-electron chi connectivity index (χ3n) is 3.14. The molecule has 0 unspecified atom stereocenters. The van der Waals surface area contributed by atoms with Crippen LogP contribution in [0, 0.1) is 0 Å². The van der Waals surface area contributed by atoms with Crippen LogP contribution in [0.5, 0.6) is 0 Å². The molecule has 1 aliphatic rings. The highest BCUT2D eigenvalue weighted by atomic mass is 15.1. The number of nitrogens with one attached hydrogen (secondary N) is 1. The summed E-state index contributed by atoms with van der Waals surface area (Å²) in [5.74, 6) is 1.16. The Morgan fingerprint density at radius 3 is 3.00 bits per heavy atom. The molecule has 0 atom stereocenters. The molecule has 0 amide bonds. The van der Waals surface area contributed by atoms with Crippen molar-refractivity contribution in [2.75, 3.05) is 5.32 Å². The SMILES string of the molecule is c1cc(NC2CCCC2)n2ccnc2c1. The maximum Gasteiger partial charge on any atom is 0.138 e. The lowest BCUT2D eigenvalue weighted by molar-refractivity contribution is 0.748. The van der Waals surface area contributed by atoms with Gasteiger partial charge >= 0.3 is 0 Å². The third-order valence-corrected chi connectivity index (χ3v) is 3.14. The van der Waals surface area contributed by atoms with E-state index in [4.69, 9.17) is 0 Å². The van der Waals surface area contributed by atoms with Gasteiger partial charge in [0.1, 0.15) is 11.5 Å². The summed E-state index contributed by atoms with van der Waals surface area (Å²) in [5, 5.41) is 3.59. The lowest BCUT2D eigenvalue weighted by Gasteiger charge is -2.14. The Morgan fingerprint density at radius 1 is 1.27 bits per heavy atom. The van der Waals surface area contributed by atoms with E-state index in [1.54, 1.807) is 0 Å². The fraction of sp³-hybridized carbons (Fsp3) is 0.417. The van der Waals surface area contributed by atoms with Gasteiger partial charge in [-0.25, -0.2) is 4.98 Å². The highest BCUT2D eigenvalue weighted by Crippen LogP contribution is 2.22. The molecule has 1 fully saturated rings. The van der Waals surface area contributed by atoms with Crippen LogP contribution in [0.3, 0.4) is 0 Å². The number of pyridine rings is 1. The summed E-state index contributed by atoms with van der Waals surface area (Å²) in [6, 6.07) is 6.85. The number of anilines is 1. The first-order valence-electron chi connectivity index (χ1n) is 5.62. The molecule has 2 heterocycles. The van der Waals surface area contributed by atoms with Crippen LogP contribution in [0.4, 0.5) is 5.82 Å². The van der Waals surface area contributed by atoms with Crippen LogP contribution >= 0.6 is 0 Å². The van der Waals surface area contributed by atoms with E-state index in [1.165, 1.54) is 25.7 Å². The second kappa shape index (κ2) is 3.57. The van der Waals surface area contributed by atoms with E-state index in [-0.39, 0.29) is 0 Å². The Balaban J connectivity index is 1.92. The second-order valence-electron chi connectivity index (χ2n) is 4.19. The first-order chi connectivity index (χ1) is 7.43. The largest absolute Gasteiger partial charge is 0.368 e. The van der Waals surface area contributed by atoms with Gasteiger partial charge in [0, 0.05) is 18.4 Å². The molecule has 1 saturated carbocycles. The lowest BCUT2D eigenvalue weighted by atomic mass is 10.2. The van der Waals surface area contributed by atoms with Gasteiger partial charge in [0.15, 0.2) is 0 Å². The molecule has 2 aromatic rings. The molecule has 1 aliphatic carbocycles. The first-order valence-corrected chi connectivity index (χ1v) is 5.62. The van der Waals surface area contributed by atoms with Crippen molar-refractivity contribution in [2.45, 2.75) is 31.7 Å². The van der Waals surface area contributed by atoms with Gasteiger partial charge in [-0.3, -0.25) is 4.40 Å². The van der Waals surface area contributed by atoms with E-state index in [2.05, 4.69) is 26.8 Å². The Bertz CT molecular complexity index is 455. The van der Waals surface area contributed by atoms with E-state index in [0.717, 1.165) is 11.5 Å². The summed E-state index contributed by atoms with van der Waals surface area (Å²) in [6.45, 7) is 0. The molecule has 78 valence electrons. The van der Waals surface area contributed by atoms with Crippen molar-refractivity contribution in [1.29, 1.82) is 0 Å². The molecule has 15 heavy (non-hydrogen) atoms. The van der Waals surface area contributed by atoms with Crippen molar-refractivity contribution < 1.29 is 0 Å². The molecule has 0 saturated heterocycles. The number of aromatic nitrogens is 2. The summed E-state index contributed by atoms with van der Waals surface area (Å²) in [5.41, 5.74) is 1.01. The van der Waals surface area contributed by atoms with Gasteiger partial charge in [-0.2, -0.15) is 0 Å². The number of hydrogen-bond acceptors (Lipinski definition) is 2. The molecule has 3 heteroatoms. The third kappa shape index (κ3) is 1.58. The van der Waals surface area contributed by atoms with Gasteiger partial charge in [-0.05, 0) is 25.0 Å². The quantitative estimate of drug-likeness (QED) is 0.809. The van der Waals surface area contributed by atoms with Crippen LogP contribution < -0.4 is 5.32 Å². The van der Waals surface area contributed by atoms with Crippen molar-refractivity contribution in [3.05, 3.63) is 30.6 Å². The predicted octanol–water partition coefficient (Wildman–Crippen LogP) is 2.69. The van der Waals surface area contributed by atoms with E-state index in [0.29, 0.717) is 6.04 Å². The first kappa shape index (κ1) is 8.77. The average molecular weight is 201 g/mol. The standard InChI is InChI=1S/C12H15N3/c1-2-5-10(4-1)14-12-7-3-6-11-13-8-9-15(11)12/h3,6-10,14H,1-2,4-5H2. The van der Waals surface area contributed by atoms with Crippen molar-refractivity contribution in [3.8, 4) is 0 Å². The van der Waals surface area contributed by atoms with Crippen LogP contribution in [-0.2, 0) is 0 Å². The van der Waals surface area contributed by atoms with E-state index >= 15 is 0 Å². The molecule has 0 bridgehead atoms. The second-order valence-corrected chi connectivity index (χ2v) is 4.19. The summed E-state index contributed by atoms with van der Waals surface area (Å²) in [6.07, 6.45) is 9.16. The highest BCUT2D eigenvalue weighted by Gasteiger charge is 2.15. The number of hydrogen-bond donors (Lipinski definition) is 1. The van der Waals surface area contributed by atoms with Gasteiger partial charge in [-0.15, -0.1) is 0 Å². The van der Waals surface area contributed by atoms with Gasteiger partial charge in [-0.1, -0.05) is 18.9 Å². The van der Waals surface area contributed by atoms with Gasteiger partial charge in [0.25, 0.3) is 0 Å². The molecule has 0 aliphatic heterocycles. The zero-order valence-corrected chi connectivity index (χ0v) is 8.69. The number of rotatable bonds is 2. The topological polar surface area (TPSA) is 29.3 Å². The molecular weight excluding hydrogens is 186 g/mol. The Labute approximate surface area is 89.1 Å². The summed E-state index contributed by atoms with van der Waals surface area (Å²) < 4.78 is 2.11. The fourth-order valence-electron chi connectivity index (χ4n) is 2.34. The molecule has 0 aromatic carbocycles. The summed E-state index contributed by atoms with van der Waals surface area (Å²) in [4.78, 5) is 4.28. The number of imidazole rings is 1. The monoisotopic (exact) mass is 201 g/mol. The van der Waals surface area contributed by atoms with Crippen molar-refractivity contribution in [3.63, 3.8) is 0 Å². The average Bonchev–Trinajstić information content (AvgIpc) is 2.87. The molecular formula is C12H15N3. The molecule has 0 spiro atoms. The Hall–Kier alpha value is -1.51. The van der Waals surface area contributed by atoms with Gasteiger partial charge in [0.2, 0.25) is 0 Å². The summed E-state index contributed by atoms with van der Waals surface area (Å²) in [7, 11) is 0.